The van der Waals surface area contributed by atoms with E-state index in [2.05, 4.69) is 5.32 Å². The maximum Gasteiger partial charge on any atom is 0.293 e. The van der Waals surface area contributed by atoms with Crippen LogP contribution in [-0.2, 0) is 10.0 Å². The minimum absolute atomic E-state index is 0.0886. The van der Waals surface area contributed by atoms with Gasteiger partial charge in [-0.1, -0.05) is 36.4 Å². The van der Waals surface area contributed by atoms with Gasteiger partial charge in [0.05, 0.1) is 9.82 Å². The number of halogens is 1. The van der Waals surface area contributed by atoms with Gasteiger partial charge in [0.1, 0.15) is 11.5 Å². The van der Waals surface area contributed by atoms with Crippen molar-refractivity contribution in [3.8, 4) is 11.1 Å². The Bertz CT molecular complexity index is 1610. The molecule has 39 heavy (non-hydrogen) atoms. The number of anilines is 1. The summed E-state index contributed by atoms with van der Waals surface area (Å²) in [5.41, 5.74) is 2.03. The summed E-state index contributed by atoms with van der Waals surface area (Å²) in [7, 11) is -4.40. The molecule has 0 bridgehead atoms. The molecule has 11 heteroatoms. The van der Waals surface area contributed by atoms with Crippen LogP contribution in [0.4, 0.5) is 15.8 Å². The monoisotopic (exact) mass is 565 g/mol. The van der Waals surface area contributed by atoms with E-state index >= 15 is 0 Å². The molecule has 0 saturated heterocycles. The smallest absolute Gasteiger partial charge is 0.293 e. The van der Waals surface area contributed by atoms with Crippen molar-refractivity contribution in [1.29, 1.82) is 0 Å². The maximum absolute atomic E-state index is 13.2. The Balaban J connectivity index is 1.46. The Morgan fingerprint density at radius 1 is 0.974 bits per heavy atom. The van der Waals surface area contributed by atoms with Crippen LogP contribution in [0.5, 0.6) is 0 Å². The number of carbonyl (C=O) groups is 1. The zero-order valence-electron chi connectivity index (χ0n) is 20.8. The van der Waals surface area contributed by atoms with Gasteiger partial charge >= 0.3 is 0 Å². The van der Waals surface area contributed by atoms with Crippen LogP contribution in [0.2, 0.25) is 0 Å². The van der Waals surface area contributed by atoms with E-state index in [4.69, 9.17) is 0 Å². The fraction of sp³-hybridized carbons (Fsp3) is 0.107. The first kappa shape index (κ1) is 27.8. The summed E-state index contributed by atoms with van der Waals surface area (Å²) in [6.45, 7) is 2.16. The fourth-order valence-corrected chi connectivity index (χ4v) is 5.63. The number of hydrogen-bond donors (Lipinski definition) is 2. The number of nitrogens with one attached hydrogen (secondary N) is 2. The summed E-state index contributed by atoms with van der Waals surface area (Å²) in [4.78, 5) is 24.4. The van der Waals surface area contributed by atoms with E-state index in [0.29, 0.717) is 17.9 Å². The third-order valence-corrected chi connectivity index (χ3v) is 8.12. The van der Waals surface area contributed by atoms with Crippen LogP contribution in [0.25, 0.3) is 11.1 Å². The molecule has 200 valence electrons. The number of thioether (sulfide) groups is 1. The molecule has 8 nitrogen and oxygen atoms in total. The molecule has 0 heterocycles. The molecule has 0 unspecified atom stereocenters. The number of benzene rings is 4. The van der Waals surface area contributed by atoms with Crippen molar-refractivity contribution in [1.82, 2.24) is 4.72 Å². The van der Waals surface area contributed by atoms with Crippen molar-refractivity contribution >= 4 is 39.1 Å². The van der Waals surface area contributed by atoms with E-state index in [1.165, 1.54) is 36.4 Å². The van der Waals surface area contributed by atoms with Crippen LogP contribution in [0.15, 0.2) is 101 Å². The van der Waals surface area contributed by atoms with Crippen molar-refractivity contribution in [2.45, 2.75) is 16.7 Å². The van der Waals surface area contributed by atoms with E-state index in [9.17, 15) is 27.7 Å². The molecule has 0 aliphatic rings. The van der Waals surface area contributed by atoms with E-state index in [-0.39, 0.29) is 17.1 Å². The maximum atomic E-state index is 13.2. The number of amides is 1. The lowest BCUT2D eigenvalue weighted by Crippen LogP contribution is -2.30. The number of rotatable bonds is 10. The highest BCUT2D eigenvalue weighted by atomic mass is 32.2. The van der Waals surface area contributed by atoms with Gasteiger partial charge in [-0.05, 0) is 72.1 Å². The minimum atomic E-state index is -4.40. The predicted octanol–water partition coefficient (Wildman–Crippen LogP) is 6.03. The number of sulfonamides is 1. The summed E-state index contributed by atoms with van der Waals surface area (Å²) in [5, 5.41) is 14.6. The molecule has 0 aromatic heterocycles. The van der Waals surface area contributed by atoms with Gasteiger partial charge < -0.3 is 5.32 Å². The largest absolute Gasteiger partial charge is 0.379 e. The topological polar surface area (TPSA) is 118 Å². The normalized spacial score (nSPS) is 11.1. The Hall–Kier alpha value is -4.22. The number of nitrogens with zero attached hydrogens (tertiary/aromatic N) is 1. The zero-order valence-corrected chi connectivity index (χ0v) is 22.4. The first-order valence-electron chi connectivity index (χ1n) is 11.8. The molecule has 4 aromatic carbocycles. The second kappa shape index (κ2) is 12.1. The molecule has 0 radical (unpaired) electrons. The van der Waals surface area contributed by atoms with Crippen molar-refractivity contribution in [2.75, 3.05) is 17.6 Å². The van der Waals surface area contributed by atoms with Crippen molar-refractivity contribution in [2.24, 2.45) is 0 Å². The molecule has 0 saturated carbocycles. The lowest BCUT2D eigenvalue weighted by atomic mass is 9.98. The first-order chi connectivity index (χ1) is 18.6. The lowest BCUT2D eigenvalue weighted by Gasteiger charge is -2.12. The standard InChI is InChI=1S/C28H24FN3O5S2/c1-19-17-21(9-13-25(19)20-7-10-22(29)11-8-20)28(33)31-39(36,37)24-12-14-26(27(18-24)32(34)35)30-15-16-38-23-5-3-2-4-6-23/h2-14,17-18,30H,15-16H2,1H3,(H,31,33). The molecule has 0 aliphatic carbocycles. The quantitative estimate of drug-likeness (QED) is 0.104. The van der Waals surface area contributed by atoms with E-state index in [0.717, 1.165) is 22.1 Å². The second-order valence-corrected chi connectivity index (χ2v) is 11.3. The Morgan fingerprint density at radius 2 is 1.69 bits per heavy atom. The molecule has 0 fully saturated rings. The summed E-state index contributed by atoms with van der Waals surface area (Å²) in [5.74, 6) is -0.619. The third-order valence-electron chi connectivity index (χ3n) is 5.78. The second-order valence-electron chi connectivity index (χ2n) is 8.50. The van der Waals surface area contributed by atoms with Crippen LogP contribution >= 0.6 is 11.8 Å². The Labute approximate surface area is 229 Å². The highest BCUT2D eigenvalue weighted by Crippen LogP contribution is 2.29. The van der Waals surface area contributed by atoms with Gasteiger partial charge in [-0.2, -0.15) is 0 Å². The average Bonchev–Trinajstić information content (AvgIpc) is 2.92. The highest BCUT2D eigenvalue weighted by Gasteiger charge is 2.24. The molecular weight excluding hydrogens is 541 g/mol. The first-order valence-corrected chi connectivity index (χ1v) is 14.2. The van der Waals surface area contributed by atoms with Crippen LogP contribution in [0, 0.1) is 22.9 Å². The van der Waals surface area contributed by atoms with Crippen LogP contribution in [0.1, 0.15) is 15.9 Å². The zero-order chi connectivity index (χ0) is 28.0. The van der Waals surface area contributed by atoms with Gasteiger partial charge in [0.15, 0.2) is 0 Å². The summed E-state index contributed by atoms with van der Waals surface area (Å²) in [6.07, 6.45) is 0. The molecule has 4 rings (SSSR count). The van der Waals surface area contributed by atoms with E-state index < -0.39 is 31.4 Å². The summed E-state index contributed by atoms with van der Waals surface area (Å²) in [6, 6.07) is 23.6. The van der Waals surface area contributed by atoms with Gasteiger partial charge in [0.25, 0.3) is 21.6 Å². The number of nitro benzene ring substituents is 1. The predicted molar refractivity (Wildman–Crippen MR) is 150 cm³/mol. The van der Waals surface area contributed by atoms with Crippen molar-refractivity contribution in [3.05, 3.63) is 118 Å². The van der Waals surface area contributed by atoms with Crippen LogP contribution < -0.4 is 10.0 Å². The molecule has 0 atom stereocenters. The summed E-state index contributed by atoms with van der Waals surface area (Å²) >= 11 is 1.58. The number of hydrogen-bond acceptors (Lipinski definition) is 7. The summed E-state index contributed by atoms with van der Waals surface area (Å²) < 4.78 is 41.0. The third kappa shape index (κ3) is 7.01. The Kier molecular flexibility index (Phi) is 8.62. The van der Waals surface area contributed by atoms with Crippen LogP contribution in [-0.4, -0.2) is 31.5 Å². The van der Waals surface area contributed by atoms with Gasteiger partial charge in [-0.25, -0.2) is 17.5 Å². The lowest BCUT2D eigenvalue weighted by molar-refractivity contribution is -0.384. The van der Waals surface area contributed by atoms with Gasteiger partial charge in [-0.15, -0.1) is 11.8 Å². The molecule has 4 aromatic rings. The van der Waals surface area contributed by atoms with Gasteiger partial charge in [0.2, 0.25) is 0 Å². The fourth-order valence-electron chi connectivity index (χ4n) is 3.85. The average molecular weight is 566 g/mol. The minimum Gasteiger partial charge on any atom is -0.379 e. The molecule has 2 N–H and O–H groups in total. The highest BCUT2D eigenvalue weighted by molar-refractivity contribution is 7.99. The molecule has 1 amide bonds. The van der Waals surface area contributed by atoms with Gasteiger partial charge in [-0.3, -0.25) is 14.9 Å². The SMILES string of the molecule is Cc1cc(C(=O)NS(=O)(=O)c2ccc(NCCSc3ccccc3)c([N+](=O)[O-])c2)ccc1-c1ccc(F)cc1. The van der Waals surface area contributed by atoms with E-state index in [1.54, 1.807) is 36.9 Å². The van der Waals surface area contributed by atoms with Crippen molar-refractivity contribution in [3.63, 3.8) is 0 Å². The van der Waals surface area contributed by atoms with E-state index in [1.807, 2.05) is 35.1 Å². The van der Waals surface area contributed by atoms with Gasteiger partial charge in [0, 0.05) is 28.8 Å². The van der Waals surface area contributed by atoms with Crippen LogP contribution in [0.3, 0.4) is 0 Å². The Morgan fingerprint density at radius 3 is 2.36 bits per heavy atom. The van der Waals surface area contributed by atoms with Crippen molar-refractivity contribution < 1.29 is 22.5 Å². The number of nitro groups is 1. The number of aryl methyl sites for hydroxylation is 1. The molecular formula is C28H24FN3O5S2. The molecule has 0 aliphatic heterocycles. The number of carbonyl (C=O) groups excluding carboxylic acids is 1. The molecule has 0 spiro atoms.